The molecule has 3 aliphatic rings. The molecule has 19 unspecified atom stereocenters. The second-order valence-electron chi connectivity index (χ2n) is 27.6. The molecular formula is C72H133O24P. The lowest BCUT2D eigenvalue weighted by Gasteiger charge is -2.49. The van der Waals surface area contributed by atoms with Crippen molar-refractivity contribution in [2.45, 2.75) is 395 Å². The highest BCUT2D eigenvalue weighted by molar-refractivity contribution is 7.47. The van der Waals surface area contributed by atoms with Crippen molar-refractivity contribution in [3.8, 4) is 0 Å². The Balaban J connectivity index is 1.73. The van der Waals surface area contributed by atoms with Gasteiger partial charge in [-0.2, -0.15) is 0 Å². The Kier molecular flexibility index (Phi) is 49.0. The van der Waals surface area contributed by atoms with Crippen LogP contribution in [0.25, 0.3) is 0 Å². The number of aliphatic hydroxyl groups is 10. The normalized spacial score (nSPS) is 28.2. The van der Waals surface area contributed by atoms with Gasteiger partial charge in [-0.15, -0.1) is 0 Å². The van der Waals surface area contributed by atoms with Crippen molar-refractivity contribution in [3.05, 3.63) is 12.2 Å². The molecule has 2 saturated heterocycles. The van der Waals surface area contributed by atoms with Gasteiger partial charge in [0.2, 0.25) is 0 Å². The Morgan fingerprint density at radius 3 is 1.23 bits per heavy atom. The van der Waals surface area contributed by atoms with E-state index in [1.807, 2.05) is 0 Å². The van der Waals surface area contributed by atoms with Crippen molar-refractivity contribution in [1.82, 2.24) is 0 Å². The van der Waals surface area contributed by atoms with E-state index in [0.717, 1.165) is 116 Å². The number of rotatable bonds is 58. The first kappa shape index (κ1) is 88.9. The number of unbranched alkanes of at least 4 members (excludes halogenated alkanes) is 31. The van der Waals surface area contributed by atoms with E-state index in [1.54, 1.807) is 0 Å². The monoisotopic (exact) mass is 1410 g/mol. The van der Waals surface area contributed by atoms with Crippen LogP contribution < -0.4 is 0 Å². The van der Waals surface area contributed by atoms with Crippen LogP contribution in [-0.2, 0) is 61.2 Å². The SMILES string of the molecule is CCCCCC/C=C\CCCCCCCCCC(=O)OCC1OC(OC2C(O)C(O)C(O)C(OC3OC(CO)C(O)C(O)C3O)C2OP(=O)(O)OCC(COC(=O)CCCCCCCCC(C)CCCCCCCC)OC(=O)CCCCCCCCCCCCC)C(O)C(O)C1O. The van der Waals surface area contributed by atoms with Crippen LogP contribution in [0.3, 0.4) is 0 Å². The Labute approximate surface area is 580 Å². The lowest BCUT2D eigenvalue weighted by Crippen LogP contribution is -2.69. The van der Waals surface area contributed by atoms with Crippen molar-refractivity contribution in [3.63, 3.8) is 0 Å². The standard InChI is InChI=1S/C72H133O24P/c1-5-8-11-14-17-19-21-22-23-24-26-27-29-35-41-46-57(75)89-51-55-60(78)62(80)67(85)72(93-55)95-69-65(83)63(81)64(82)68(94-71-66(84)61(79)59(77)54(48-73)92-71)70(69)96-97(86,87)90-50-53(91-58(76)47-42-37-30-28-25-20-18-15-12-9-6-2)49-88-56(74)45-40-36-32-31-34-39-44-52(4)43-38-33-16-13-10-7-3/h19,21,52-55,59-73,77-85H,5-18,20,22-51H2,1-4H3,(H,86,87)/b21-19-. The Hall–Kier alpha value is -2.30. The summed E-state index contributed by atoms with van der Waals surface area (Å²) in [5.41, 5.74) is 0. The van der Waals surface area contributed by atoms with E-state index < -0.39 is 156 Å². The summed E-state index contributed by atoms with van der Waals surface area (Å²) in [5, 5.41) is 110. The minimum Gasteiger partial charge on any atom is -0.463 e. The van der Waals surface area contributed by atoms with E-state index in [1.165, 1.54) is 109 Å². The van der Waals surface area contributed by atoms with Crippen LogP contribution in [-0.4, -0.2) is 204 Å². The third-order valence-corrected chi connectivity index (χ3v) is 19.9. The number of aliphatic hydroxyl groups excluding tert-OH is 10. The molecule has 1 aliphatic carbocycles. The van der Waals surface area contributed by atoms with Gasteiger partial charge in [-0.25, -0.2) is 4.57 Å². The molecule has 0 radical (unpaired) electrons. The highest BCUT2D eigenvalue weighted by Crippen LogP contribution is 2.49. The maximum absolute atomic E-state index is 14.3. The molecule has 0 amide bonds. The number of carbonyl (C=O) groups is 3. The second kappa shape index (κ2) is 53.5. The molecule has 19 atom stereocenters. The molecule has 0 aromatic carbocycles. The summed E-state index contributed by atoms with van der Waals surface area (Å²) < 4.78 is 65.0. The van der Waals surface area contributed by atoms with Crippen molar-refractivity contribution < 1.29 is 117 Å². The van der Waals surface area contributed by atoms with E-state index >= 15 is 0 Å². The van der Waals surface area contributed by atoms with E-state index in [2.05, 4.69) is 39.8 Å². The number of phosphoric ester groups is 1. The highest BCUT2D eigenvalue weighted by Gasteiger charge is 2.58. The van der Waals surface area contributed by atoms with Gasteiger partial charge in [0.15, 0.2) is 18.7 Å². The van der Waals surface area contributed by atoms with Crippen LogP contribution in [0.2, 0.25) is 0 Å². The quantitative estimate of drug-likeness (QED) is 0.00886. The first-order valence-corrected chi connectivity index (χ1v) is 39.4. The Morgan fingerprint density at radius 2 is 0.784 bits per heavy atom. The fourth-order valence-electron chi connectivity index (χ4n) is 12.6. The second-order valence-corrected chi connectivity index (χ2v) is 29.0. The zero-order chi connectivity index (χ0) is 71.2. The number of hydrogen-bond donors (Lipinski definition) is 11. The molecule has 97 heavy (non-hydrogen) atoms. The van der Waals surface area contributed by atoms with Gasteiger partial charge < -0.3 is 89.1 Å². The summed E-state index contributed by atoms with van der Waals surface area (Å²) in [6.07, 6.45) is 10.0. The first-order valence-electron chi connectivity index (χ1n) is 37.9. The zero-order valence-corrected chi connectivity index (χ0v) is 60.4. The summed E-state index contributed by atoms with van der Waals surface area (Å²) in [6, 6.07) is 0. The average molecular weight is 1410 g/mol. The molecule has 0 spiro atoms. The van der Waals surface area contributed by atoms with E-state index in [-0.39, 0.29) is 19.3 Å². The van der Waals surface area contributed by atoms with Crippen LogP contribution in [0.5, 0.6) is 0 Å². The average Bonchev–Trinajstić information content (AvgIpc) is 0.770. The summed E-state index contributed by atoms with van der Waals surface area (Å²) >= 11 is 0. The molecule has 1 saturated carbocycles. The zero-order valence-electron chi connectivity index (χ0n) is 59.5. The van der Waals surface area contributed by atoms with Gasteiger partial charge in [-0.1, -0.05) is 239 Å². The maximum Gasteiger partial charge on any atom is 0.472 e. The molecule has 3 rings (SSSR count). The van der Waals surface area contributed by atoms with Crippen LogP contribution >= 0.6 is 7.82 Å². The molecule has 0 aromatic heterocycles. The van der Waals surface area contributed by atoms with E-state index in [4.69, 9.17) is 42.2 Å². The van der Waals surface area contributed by atoms with Crippen molar-refractivity contribution in [2.75, 3.05) is 26.4 Å². The van der Waals surface area contributed by atoms with E-state index in [0.29, 0.717) is 25.2 Å². The number of ether oxygens (including phenoxy) is 7. The van der Waals surface area contributed by atoms with Crippen molar-refractivity contribution >= 4 is 25.7 Å². The van der Waals surface area contributed by atoms with Gasteiger partial charge in [0.05, 0.1) is 13.2 Å². The minimum absolute atomic E-state index is 0.0243. The molecule has 2 heterocycles. The van der Waals surface area contributed by atoms with Gasteiger partial charge in [0.1, 0.15) is 98.7 Å². The lowest BCUT2D eigenvalue weighted by molar-refractivity contribution is -0.360. The Morgan fingerprint density at radius 1 is 0.423 bits per heavy atom. The molecule has 11 N–H and O–H groups in total. The molecule has 25 heteroatoms. The van der Waals surface area contributed by atoms with Gasteiger partial charge in [0, 0.05) is 19.3 Å². The van der Waals surface area contributed by atoms with Crippen LogP contribution in [0.4, 0.5) is 0 Å². The molecule has 570 valence electrons. The molecule has 0 bridgehead atoms. The van der Waals surface area contributed by atoms with Crippen LogP contribution in [0.1, 0.15) is 291 Å². The molecule has 2 aliphatic heterocycles. The molecule has 3 fully saturated rings. The summed E-state index contributed by atoms with van der Waals surface area (Å²) in [6.45, 7) is 5.75. The predicted molar refractivity (Wildman–Crippen MR) is 365 cm³/mol. The summed E-state index contributed by atoms with van der Waals surface area (Å²) in [5.74, 6) is -1.29. The summed E-state index contributed by atoms with van der Waals surface area (Å²) in [4.78, 5) is 51.0. The third kappa shape index (κ3) is 37.1. The minimum atomic E-state index is -5.69. The topological polar surface area (TPSA) is 374 Å². The number of allylic oxidation sites excluding steroid dienone is 2. The largest absolute Gasteiger partial charge is 0.472 e. The fraction of sp³-hybridized carbons (Fsp3) is 0.931. The number of hydrogen-bond acceptors (Lipinski definition) is 23. The van der Waals surface area contributed by atoms with Crippen LogP contribution in [0.15, 0.2) is 12.2 Å². The van der Waals surface area contributed by atoms with Gasteiger partial charge in [-0.05, 0) is 50.9 Å². The van der Waals surface area contributed by atoms with Gasteiger partial charge >= 0.3 is 25.7 Å². The van der Waals surface area contributed by atoms with Crippen LogP contribution in [0, 0.1) is 5.92 Å². The smallest absolute Gasteiger partial charge is 0.463 e. The number of phosphoric acid groups is 1. The Bertz CT molecular complexity index is 2080. The molecular weight excluding hydrogens is 1280 g/mol. The molecule has 0 aromatic rings. The van der Waals surface area contributed by atoms with E-state index in [9.17, 15) is 74.9 Å². The molecule has 24 nitrogen and oxygen atoms in total. The first-order chi connectivity index (χ1) is 46.7. The third-order valence-electron chi connectivity index (χ3n) is 18.9. The van der Waals surface area contributed by atoms with Gasteiger partial charge in [0.25, 0.3) is 0 Å². The highest BCUT2D eigenvalue weighted by atomic mass is 31.2. The lowest BCUT2D eigenvalue weighted by atomic mass is 9.84. The van der Waals surface area contributed by atoms with Crippen molar-refractivity contribution in [2.24, 2.45) is 5.92 Å². The number of carbonyl (C=O) groups excluding carboxylic acids is 3. The van der Waals surface area contributed by atoms with Gasteiger partial charge in [-0.3, -0.25) is 23.4 Å². The number of esters is 3. The maximum atomic E-state index is 14.3. The van der Waals surface area contributed by atoms with Crippen molar-refractivity contribution in [1.29, 1.82) is 0 Å². The summed E-state index contributed by atoms with van der Waals surface area (Å²) in [7, 11) is -5.69. The fourth-order valence-corrected chi connectivity index (χ4v) is 13.6. The predicted octanol–water partition coefficient (Wildman–Crippen LogP) is 10.2.